The van der Waals surface area contributed by atoms with Crippen LogP contribution >= 0.6 is 0 Å². The lowest BCUT2D eigenvalue weighted by molar-refractivity contribution is -0.162. The van der Waals surface area contributed by atoms with Gasteiger partial charge < -0.3 is 14.7 Å². The fraction of sp³-hybridized carbons (Fsp3) is 0.875. The van der Waals surface area contributed by atoms with E-state index < -0.39 is 12.0 Å². The number of aliphatic carboxylic acids is 1. The van der Waals surface area contributed by atoms with Gasteiger partial charge >= 0.3 is 5.97 Å². The zero-order valence-electron chi connectivity index (χ0n) is 12.5. The minimum absolute atomic E-state index is 0.0266. The molecule has 1 N–H and O–H groups in total. The van der Waals surface area contributed by atoms with Crippen LogP contribution in [0.4, 0.5) is 0 Å². The summed E-state index contributed by atoms with van der Waals surface area (Å²) in [6.45, 7) is 1.18. The van der Waals surface area contributed by atoms with Crippen molar-refractivity contribution in [2.45, 2.75) is 63.5 Å². The first-order valence-corrected chi connectivity index (χ1v) is 8.31. The molecule has 1 aliphatic carbocycles. The molecule has 0 spiro atoms. The van der Waals surface area contributed by atoms with E-state index in [1.165, 1.54) is 6.42 Å². The van der Waals surface area contributed by atoms with Gasteiger partial charge in [-0.05, 0) is 44.4 Å². The number of carboxylic acids is 1. The Morgan fingerprint density at radius 1 is 1.00 bits per heavy atom. The topological polar surface area (TPSA) is 66.8 Å². The molecule has 0 aromatic heterocycles. The standard InChI is InChI=1S/C16H25NO4/c18-15(12-5-3-9-21-10-12)17-13-6-2-1-4-11(13)7-8-14(17)16(19)20/h11-14H,1-10H2,(H,19,20). The van der Waals surface area contributed by atoms with Gasteiger partial charge in [0.25, 0.3) is 0 Å². The molecule has 21 heavy (non-hydrogen) atoms. The van der Waals surface area contributed by atoms with E-state index in [4.69, 9.17) is 4.74 Å². The Kier molecular flexibility index (Phi) is 4.48. The van der Waals surface area contributed by atoms with E-state index in [2.05, 4.69) is 0 Å². The van der Waals surface area contributed by atoms with Crippen LogP contribution in [0.1, 0.15) is 51.4 Å². The van der Waals surface area contributed by atoms with Crippen LogP contribution in [0.2, 0.25) is 0 Å². The van der Waals surface area contributed by atoms with Gasteiger partial charge in [0.2, 0.25) is 5.91 Å². The van der Waals surface area contributed by atoms with Crippen molar-refractivity contribution in [3.05, 3.63) is 0 Å². The molecule has 3 fully saturated rings. The molecule has 2 heterocycles. The van der Waals surface area contributed by atoms with Gasteiger partial charge in [0.1, 0.15) is 6.04 Å². The summed E-state index contributed by atoms with van der Waals surface area (Å²) in [5.41, 5.74) is 0. The van der Waals surface area contributed by atoms with Crippen molar-refractivity contribution in [3.8, 4) is 0 Å². The van der Waals surface area contributed by atoms with Gasteiger partial charge in [-0.15, -0.1) is 0 Å². The summed E-state index contributed by atoms with van der Waals surface area (Å²) in [4.78, 5) is 26.3. The Balaban J connectivity index is 1.81. The highest BCUT2D eigenvalue weighted by molar-refractivity contribution is 5.85. The number of rotatable bonds is 2. The number of hydrogen-bond donors (Lipinski definition) is 1. The number of ether oxygens (including phenoxy) is 1. The van der Waals surface area contributed by atoms with Gasteiger partial charge in [0.05, 0.1) is 12.5 Å². The normalized spacial score (nSPS) is 36.9. The molecule has 4 unspecified atom stereocenters. The summed E-state index contributed by atoms with van der Waals surface area (Å²) in [6, 6.07) is -0.484. The molecule has 0 aromatic carbocycles. The molecule has 0 radical (unpaired) electrons. The smallest absolute Gasteiger partial charge is 0.326 e. The third kappa shape index (κ3) is 2.93. The molecule has 2 aliphatic heterocycles. The SMILES string of the molecule is O=C(O)C1CCC2CCCCC2N1C(=O)C1CCCOC1. The van der Waals surface area contributed by atoms with Crippen LogP contribution in [-0.4, -0.2) is 47.2 Å². The number of carbonyl (C=O) groups excluding carboxylic acids is 1. The molecule has 118 valence electrons. The van der Waals surface area contributed by atoms with Crippen LogP contribution in [0.5, 0.6) is 0 Å². The lowest BCUT2D eigenvalue weighted by Gasteiger charge is -2.48. The van der Waals surface area contributed by atoms with Gasteiger partial charge in [-0.3, -0.25) is 4.79 Å². The summed E-state index contributed by atoms with van der Waals surface area (Å²) >= 11 is 0. The first-order chi connectivity index (χ1) is 10.2. The summed E-state index contributed by atoms with van der Waals surface area (Å²) in [5.74, 6) is -0.452. The Hall–Kier alpha value is -1.10. The number of hydrogen-bond acceptors (Lipinski definition) is 3. The Bertz CT molecular complexity index is 405. The fourth-order valence-corrected chi connectivity index (χ4v) is 4.34. The highest BCUT2D eigenvalue weighted by Gasteiger charge is 2.45. The number of carboxylic acid groups (broad SMARTS) is 1. The van der Waals surface area contributed by atoms with Gasteiger partial charge in [-0.25, -0.2) is 4.79 Å². The third-order valence-electron chi connectivity index (χ3n) is 5.42. The zero-order valence-corrected chi connectivity index (χ0v) is 12.5. The van der Waals surface area contributed by atoms with Crippen LogP contribution in [0.3, 0.4) is 0 Å². The second-order valence-electron chi connectivity index (χ2n) is 6.70. The van der Waals surface area contributed by atoms with Crippen LogP contribution in [0.25, 0.3) is 0 Å². The van der Waals surface area contributed by atoms with E-state index in [0.29, 0.717) is 18.9 Å². The van der Waals surface area contributed by atoms with Gasteiger partial charge in [-0.1, -0.05) is 12.8 Å². The fourth-order valence-electron chi connectivity index (χ4n) is 4.34. The van der Waals surface area contributed by atoms with E-state index in [9.17, 15) is 14.7 Å². The highest BCUT2D eigenvalue weighted by Crippen LogP contribution is 2.39. The van der Waals surface area contributed by atoms with Crippen molar-refractivity contribution in [2.75, 3.05) is 13.2 Å². The molecule has 0 aromatic rings. The maximum atomic E-state index is 12.9. The maximum absolute atomic E-state index is 12.9. The summed E-state index contributed by atoms with van der Waals surface area (Å²) < 4.78 is 5.43. The third-order valence-corrected chi connectivity index (χ3v) is 5.42. The van der Waals surface area contributed by atoms with E-state index in [1.54, 1.807) is 4.90 Å². The molecule has 2 saturated heterocycles. The number of amides is 1. The van der Waals surface area contributed by atoms with Crippen molar-refractivity contribution in [2.24, 2.45) is 11.8 Å². The van der Waals surface area contributed by atoms with E-state index >= 15 is 0 Å². The van der Waals surface area contributed by atoms with Crippen molar-refractivity contribution in [3.63, 3.8) is 0 Å². The molecular weight excluding hydrogens is 270 g/mol. The van der Waals surface area contributed by atoms with Crippen molar-refractivity contribution in [1.82, 2.24) is 4.90 Å². The predicted octanol–water partition coefficient (Wildman–Crippen LogP) is 2.05. The Morgan fingerprint density at radius 2 is 1.81 bits per heavy atom. The second kappa shape index (κ2) is 6.34. The lowest BCUT2D eigenvalue weighted by Crippen LogP contribution is -2.59. The minimum Gasteiger partial charge on any atom is -0.480 e. The van der Waals surface area contributed by atoms with Crippen LogP contribution in [0.15, 0.2) is 0 Å². The first-order valence-electron chi connectivity index (χ1n) is 8.31. The van der Waals surface area contributed by atoms with E-state index in [1.807, 2.05) is 0 Å². The van der Waals surface area contributed by atoms with Gasteiger partial charge in [0, 0.05) is 12.6 Å². The zero-order chi connectivity index (χ0) is 14.8. The quantitative estimate of drug-likeness (QED) is 0.846. The predicted molar refractivity (Wildman–Crippen MR) is 76.8 cm³/mol. The largest absolute Gasteiger partial charge is 0.480 e. The van der Waals surface area contributed by atoms with Crippen molar-refractivity contribution in [1.29, 1.82) is 0 Å². The van der Waals surface area contributed by atoms with Crippen LogP contribution < -0.4 is 0 Å². The first kappa shape index (κ1) is 14.8. The minimum atomic E-state index is -0.843. The number of likely N-dealkylation sites (tertiary alicyclic amines) is 1. The average Bonchev–Trinajstić information content (AvgIpc) is 2.53. The number of fused-ring (bicyclic) bond motifs is 1. The number of piperidine rings is 1. The molecule has 5 nitrogen and oxygen atoms in total. The molecule has 3 rings (SSSR count). The summed E-state index contributed by atoms with van der Waals surface area (Å²) in [7, 11) is 0. The molecule has 5 heteroatoms. The molecule has 1 amide bonds. The highest BCUT2D eigenvalue weighted by atomic mass is 16.5. The second-order valence-corrected chi connectivity index (χ2v) is 6.70. The average molecular weight is 295 g/mol. The monoisotopic (exact) mass is 295 g/mol. The van der Waals surface area contributed by atoms with Crippen LogP contribution in [-0.2, 0) is 14.3 Å². The molecule has 1 saturated carbocycles. The summed E-state index contributed by atoms with van der Waals surface area (Å²) in [6.07, 6.45) is 7.72. The number of nitrogens with zero attached hydrogens (tertiary/aromatic N) is 1. The molecular formula is C16H25NO4. The molecule has 3 aliphatic rings. The Labute approximate surface area is 125 Å². The van der Waals surface area contributed by atoms with Crippen LogP contribution in [0, 0.1) is 11.8 Å². The summed E-state index contributed by atoms with van der Waals surface area (Å²) in [5, 5.41) is 9.52. The maximum Gasteiger partial charge on any atom is 0.326 e. The van der Waals surface area contributed by atoms with E-state index in [-0.39, 0.29) is 17.9 Å². The lowest BCUT2D eigenvalue weighted by atomic mass is 9.75. The van der Waals surface area contributed by atoms with Crippen molar-refractivity contribution >= 4 is 11.9 Å². The van der Waals surface area contributed by atoms with Crippen molar-refractivity contribution < 1.29 is 19.4 Å². The Morgan fingerprint density at radius 3 is 2.52 bits per heavy atom. The molecule has 0 bridgehead atoms. The van der Waals surface area contributed by atoms with Gasteiger partial charge in [-0.2, -0.15) is 0 Å². The van der Waals surface area contributed by atoms with E-state index in [0.717, 1.165) is 45.1 Å². The molecule has 4 atom stereocenters. The number of carbonyl (C=O) groups is 2. The van der Waals surface area contributed by atoms with Gasteiger partial charge in [0.15, 0.2) is 0 Å².